The smallest absolute Gasteiger partial charge is 0.345 e. The number of halogens is 1. The Bertz CT molecular complexity index is 658. The van der Waals surface area contributed by atoms with E-state index in [2.05, 4.69) is 0 Å². The molecule has 1 aliphatic carbocycles. The molecule has 1 saturated carbocycles. The summed E-state index contributed by atoms with van der Waals surface area (Å²) < 4.78 is 5.02. The van der Waals surface area contributed by atoms with E-state index in [4.69, 9.17) is 16.3 Å². The van der Waals surface area contributed by atoms with E-state index in [9.17, 15) is 19.7 Å². The Morgan fingerprint density at radius 1 is 1.32 bits per heavy atom. The Labute approximate surface area is 151 Å². The number of esters is 1. The summed E-state index contributed by atoms with van der Waals surface area (Å²) in [5.41, 5.74) is -0.660. The van der Waals surface area contributed by atoms with Gasteiger partial charge in [0.2, 0.25) is 0 Å². The Morgan fingerprint density at radius 3 is 2.60 bits per heavy atom. The number of nitro groups is 1. The quantitative estimate of drug-likeness (QED) is 0.435. The van der Waals surface area contributed by atoms with E-state index in [-0.39, 0.29) is 22.5 Å². The molecular formula is C17H21ClN2O5. The second kappa shape index (κ2) is 8.80. The Balaban J connectivity index is 2.01. The van der Waals surface area contributed by atoms with Crippen LogP contribution in [0.1, 0.15) is 49.4 Å². The van der Waals surface area contributed by atoms with E-state index in [1.54, 1.807) is 4.90 Å². The van der Waals surface area contributed by atoms with Crippen LogP contribution >= 0.6 is 11.6 Å². The molecule has 0 radical (unpaired) electrons. The van der Waals surface area contributed by atoms with Crippen molar-refractivity contribution in [1.29, 1.82) is 0 Å². The Morgan fingerprint density at radius 2 is 2.00 bits per heavy atom. The van der Waals surface area contributed by atoms with Crippen LogP contribution < -0.4 is 0 Å². The number of carbonyl (C=O) groups is 2. The number of hydrogen-bond donors (Lipinski definition) is 0. The van der Waals surface area contributed by atoms with Crippen molar-refractivity contribution >= 4 is 29.2 Å². The fourth-order valence-electron chi connectivity index (χ4n) is 3.15. The number of rotatable bonds is 6. The summed E-state index contributed by atoms with van der Waals surface area (Å²) >= 11 is 5.72. The van der Waals surface area contributed by atoms with Crippen molar-refractivity contribution in [3.63, 3.8) is 0 Å². The van der Waals surface area contributed by atoms with Gasteiger partial charge < -0.3 is 9.64 Å². The molecule has 1 fully saturated rings. The first-order valence-corrected chi connectivity index (χ1v) is 8.72. The van der Waals surface area contributed by atoms with Crippen LogP contribution in [0.4, 0.5) is 5.69 Å². The minimum Gasteiger partial charge on any atom is -0.452 e. The first kappa shape index (κ1) is 19.2. The molecule has 0 bridgehead atoms. The molecule has 0 aliphatic heterocycles. The number of nitro benzene ring substituents is 1. The second-order valence-electron chi connectivity index (χ2n) is 5.97. The van der Waals surface area contributed by atoms with Crippen LogP contribution in [-0.2, 0) is 9.53 Å². The maximum Gasteiger partial charge on any atom is 0.345 e. The predicted octanol–water partition coefficient (Wildman–Crippen LogP) is 3.59. The average Bonchev–Trinajstić information content (AvgIpc) is 2.61. The number of nitrogens with zero attached hydrogens (tertiary/aromatic N) is 2. The zero-order valence-corrected chi connectivity index (χ0v) is 14.8. The normalized spacial score (nSPS) is 14.8. The number of benzene rings is 1. The van der Waals surface area contributed by atoms with Crippen LogP contribution in [0.15, 0.2) is 18.2 Å². The zero-order valence-electron chi connectivity index (χ0n) is 14.1. The van der Waals surface area contributed by atoms with Gasteiger partial charge in [-0.15, -0.1) is 0 Å². The van der Waals surface area contributed by atoms with Crippen molar-refractivity contribution in [2.45, 2.75) is 45.1 Å². The summed E-state index contributed by atoms with van der Waals surface area (Å²) in [5, 5.41) is 11.2. The lowest BCUT2D eigenvalue weighted by Crippen LogP contribution is -2.43. The van der Waals surface area contributed by atoms with Gasteiger partial charge in [-0.05, 0) is 31.9 Å². The van der Waals surface area contributed by atoms with E-state index < -0.39 is 23.2 Å². The van der Waals surface area contributed by atoms with Crippen molar-refractivity contribution in [1.82, 2.24) is 4.90 Å². The van der Waals surface area contributed by atoms with Crippen LogP contribution in [0.25, 0.3) is 0 Å². The minimum atomic E-state index is -0.906. The lowest BCUT2D eigenvalue weighted by molar-refractivity contribution is -0.385. The minimum absolute atomic E-state index is 0.147. The highest BCUT2D eigenvalue weighted by molar-refractivity contribution is 6.31. The summed E-state index contributed by atoms with van der Waals surface area (Å²) in [6.07, 6.45) is 5.26. The maximum atomic E-state index is 12.4. The van der Waals surface area contributed by atoms with Crippen LogP contribution in [0.2, 0.25) is 5.02 Å². The molecular weight excluding hydrogens is 348 g/mol. The third kappa shape index (κ3) is 4.92. The summed E-state index contributed by atoms with van der Waals surface area (Å²) in [7, 11) is 0. The van der Waals surface area contributed by atoms with Gasteiger partial charge in [-0.2, -0.15) is 0 Å². The fraction of sp³-hybridized carbons (Fsp3) is 0.529. The molecule has 7 nitrogen and oxygen atoms in total. The number of hydrogen-bond acceptors (Lipinski definition) is 5. The lowest BCUT2D eigenvalue weighted by Gasteiger charge is -2.33. The SMILES string of the molecule is CCN(C(=O)COC(=O)c1ccc(Cl)cc1[N+](=O)[O-])C1CCCCC1. The molecule has 0 spiro atoms. The average molecular weight is 369 g/mol. The first-order chi connectivity index (χ1) is 11.9. The van der Waals surface area contributed by atoms with Crippen molar-refractivity contribution < 1.29 is 19.2 Å². The van der Waals surface area contributed by atoms with Gasteiger partial charge in [-0.25, -0.2) is 4.79 Å². The topological polar surface area (TPSA) is 89.8 Å². The van der Waals surface area contributed by atoms with E-state index in [0.717, 1.165) is 31.7 Å². The lowest BCUT2D eigenvalue weighted by atomic mass is 9.94. The standard InChI is InChI=1S/C17H21ClN2O5/c1-2-19(13-6-4-3-5-7-13)16(21)11-25-17(22)14-9-8-12(18)10-15(14)20(23)24/h8-10,13H,2-7,11H2,1H3. The molecule has 0 atom stereocenters. The summed E-state index contributed by atoms with van der Waals surface area (Å²) in [4.78, 5) is 36.6. The molecule has 8 heteroatoms. The van der Waals surface area contributed by atoms with E-state index >= 15 is 0 Å². The van der Waals surface area contributed by atoms with Gasteiger partial charge in [-0.3, -0.25) is 14.9 Å². The van der Waals surface area contributed by atoms with Gasteiger partial charge in [0.05, 0.1) is 4.92 Å². The molecule has 1 aliphatic rings. The van der Waals surface area contributed by atoms with Gasteiger partial charge in [0.1, 0.15) is 5.56 Å². The largest absolute Gasteiger partial charge is 0.452 e. The summed E-state index contributed by atoms with van der Waals surface area (Å²) in [5.74, 6) is -1.18. The number of ether oxygens (including phenoxy) is 1. The van der Waals surface area contributed by atoms with Crippen LogP contribution in [0.3, 0.4) is 0 Å². The number of amides is 1. The molecule has 0 unspecified atom stereocenters. The van der Waals surface area contributed by atoms with Crippen molar-refractivity contribution in [2.24, 2.45) is 0 Å². The van der Waals surface area contributed by atoms with E-state index in [1.807, 2.05) is 6.92 Å². The fourth-order valence-corrected chi connectivity index (χ4v) is 3.31. The number of likely N-dealkylation sites (N-methyl/N-ethyl adjacent to an activating group) is 1. The molecule has 1 aromatic rings. The molecule has 0 aromatic heterocycles. The first-order valence-electron chi connectivity index (χ1n) is 8.34. The van der Waals surface area contributed by atoms with Gasteiger partial charge in [-0.1, -0.05) is 30.9 Å². The third-order valence-corrected chi connectivity index (χ3v) is 4.61. The van der Waals surface area contributed by atoms with Gasteiger partial charge >= 0.3 is 5.97 Å². The molecule has 0 saturated heterocycles. The van der Waals surface area contributed by atoms with Gasteiger partial charge in [0.25, 0.3) is 11.6 Å². The number of carbonyl (C=O) groups excluding carboxylic acids is 2. The highest BCUT2D eigenvalue weighted by Gasteiger charge is 2.26. The molecule has 0 heterocycles. The monoisotopic (exact) mass is 368 g/mol. The Hall–Kier alpha value is -2.15. The zero-order chi connectivity index (χ0) is 18.4. The van der Waals surface area contributed by atoms with E-state index in [1.165, 1.54) is 18.6 Å². The van der Waals surface area contributed by atoms with Crippen molar-refractivity contribution in [2.75, 3.05) is 13.2 Å². The molecule has 0 N–H and O–H groups in total. The molecule has 25 heavy (non-hydrogen) atoms. The molecule has 1 aromatic carbocycles. The molecule has 136 valence electrons. The molecule has 1 amide bonds. The van der Waals surface area contributed by atoms with Crippen LogP contribution in [0.5, 0.6) is 0 Å². The maximum absolute atomic E-state index is 12.4. The van der Waals surface area contributed by atoms with Crippen molar-refractivity contribution in [3.8, 4) is 0 Å². The highest BCUT2D eigenvalue weighted by atomic mass is 35.5. The predicted molar refractivity (Wildman–Crippen MR) is 92.6 cm³/mol. The summed E-state index contributed by atoms with van der Waals surface area (Å²) in [6, 6.07) is 3.86. The summed E-state index contributed by atoms with van der Waals surface area (Å²) in [6.45, 7) is 2.00. The second-order valence-corrected chi connectivity index (χ2v) is 6.40. The van der Waals surface area contributed by atoms with Gasteiger partial charge in [0, 0.05) is 23.7 Å². The van der Waals surface area contributed by atoms with Crippen LogP contribution in [-0.4, -0.2) is 40.9 Å². The van der Waals surface area contributed by atoms with Crippen molar-refractivity contribution in [3.05, 3.63) is 38.9 Å². The van der Waals surface area contributed by atoms with Crippen LogP contribution in [0, 0.1) is 10.1 Å². The third-order valence-electron chi connectivity index (χ3n) is 4.38. The van der Waals surface area contributed by atoms with E-state index in [0.29, 0.717) is 6.54 Å². The van der Waals surface area contributed by atoms with Gasteiger partial charge in [0.15, 0.2) is 6.61 Å². The highest BCUT2D eigenvalue weighted by Crippen LogP contribution is 2.25. The molecule has 2 rings (SSSR count). The Kier molecular flexibility index (Phi) is 6.75.